The van der Waals surface area contributed by atoms with E-state index in [9.17, 15) is 0 Å². The molecule has 14 heavy (non-hydrogen) atoms. The lowest BCUT2D eigenvalue weighted by molar-refractivity contribution is 0.183. The monoisotopic (exact) mass is 193 g/mol. The van der Waals surface area contributed by atoms with Gasteiger partial charge in [0.05, 0.1) is 0 Å². The van der Waals surface area contributed by atoms with Gasteiger partial charge < -0.3 is 16.2 Å². The van der Waals surface area contributed by atoms with Gasteiger partial charge in [-0.15, -0.1) is 0 Å². The van der Waals surface area contributed by atoms with Gasteiger partial charge in [-0.05, 0) is 12.5 Å². The van der Waals surface area contributed by atoms with Crippen LogP contribution in [0.25, 0.3) is 0 Å². The molecule has 2 rings (SSSR count). The van der Waals surface area contributed by atoms with Crippen molar-refractivity contribution in [3.8, 4) is 5.88 Å². The van der Waals surface area contributed by atoms with Gasteiger partial charge in [0.25, 0.3) is 0 Å². The van der Waals surface area contributed by atoms with Gasteiger partial charge in [-0.3, -0.25) is 0 Å². The molecule has 0 aliphatic heterocycles. The molecule has 1 aliphatic carbocycles. The fourth-order valence-corrected chi connectivity index (χ4v) is 1.78. The van der Waals surface area contributed by atoms with E-state index in [1.54, 1.807) is 6.20 Å². The van der Waals surface area contributed by atoms with E-state index in [4.69, 9.17) is 16.2 Å². The molecule has 1 fully saturated rings. The normalized spacial score (nSPS) is 31.7. The number of ether oxygens (including phenoxy) is 1. The summed E-state index contributed by atoms with van der Waals surface area (Å²) in [7, 11) is 0. The second-order valence-corrected chi connectivity index (χ2v) is 3.72. The summed E-state index contributed by atoms with van der Waals surface area (Å²) in [5.74, 6) is 0.627. The highest BCUT2D eigenvalue weighted by Crippen LogP contribution is 2.21. The number of hydrogen-bond donors (Lipinski definition) is 2. The average molecular weight is 193 g/mol. The van der Waals surface area contributed by atoms with Crippen molar-refractivity contribution in [2.75, 3.05) is 0 Å². The molecule has 0 amide bonds. The molecular weight excluding hydrogens is 178 g/mol. The van der Waals surface area contributed by atoms with E-state index in [0.29, 0.717) is 5.88 Å². The molecule has 0 bridgehead atoms. The van der Waals surface area contributed by atoms with Crippen LogP contribution in [0, 0.1) is 0 Å². The second-order valence-electron chi connectivity index (χ2n) is 3.72. The molecule has 0 radical (unpaired) electrons. The van der Waals surface area contributed by atoms with Crippen molar-refractivity contribution in [1.82, 2.24) is 4.98 Å². The molecule has 76 valence electrons. The van der Waals surface area contributed by atoms with E-state index >= 15 is 0 Å². The number of rotatable bonds is 2. The number of nitrogens with zero attached hydrogens (tertiary/aromatic N) is 1. The van der Waals surface area contributed by atoms with Gasteiger partial charge in [0.15, 0.2) is 0 Å². The van der Waals surface area contributed by atoms with Crippen molar-refractivity contribution in [3.05, 3.63) is 24.4 Å². The summed E-state index contributed by atoms with van der Waals surface area (Å²) in [6.07, 6.45) is 3.37. The molecule has 1 aromatic rings. The summed E-state index contributed by atoms with van der Waals surface area (Å²) in [6, 6.07) is 5.78. The van der Waals surface area contributed by atoms with E-state index in [1.807, 2.05) is 18.2 Å². The lowest BCUT2D eigenvalue weighted by atomic mass is 10.2. The Morgan fingerprint density at radius 3 is 2.71 bits per heavy atom. The predicted molar refractivity (Wildman–Crippen MR) is 53.8 cm³/mol. The third-order valence-electron chi connectivity index (χ3n) is 2.50. The molecule has 3 atom stereocenters. The molecule has 0 saturated heterocycles. The van der Waals surface area contributed by atoms with Crippen molar-refractivity contribution in [3.63, 3.8) is 0 Å². The lowest BCUT2D eigenvalue weighted by Gasteiger charge is -2.16. The number of aromatic nitrogens is 1. The average Bonchev–Trinajstić information content (AvgIpc) is 2.47. The van der Waals surface area contributed by atoms with Gasteiger partial charge in [0.2, 0.25) is 5.88 Å². The van der Waals surface area contributed by atoms with Crippen molar-refractivity contribution in [2.24, 2.45) is 11.5 Å². The molecule has 0 spiro atoms. The Hall–Kier alpha value is -1.13. The van der Waals surface area contributed by atoms with Crippen LogP contribution in [0.3, 0.4) is 0 Å². The maximum Gasteiger partial charge on any atom is 0.213 e. The van der Waals surface area contributed by atoms with Crippen molar-refractivity contribution in [2.45, 2.75) is 31.0 Å². The minimum absolute atomic E-state index is 0.0138. The molecular formula is C10H15N3O. The van der Waals surface area contributed by atoms with Crippen LogP contribution in [-0.2, 0) is 0 Å². The van der Waals surface area contributed by atoms with Crippen LogP contribution in [0.4, 0.5) is 0 Å². The van der Waals surface area contributed by atoms with Crippen LogP contribution in [0.15, 0.2) is 24.4 Å². The van der Waals surface area contributed by atoms with Crippen molar-refractivity contribution >= 4 is 0 Å². The van der Waals surface area contributed by atoms with E-state index in [-0.39, 0.29) is 18.2 Å². The maximum atomic E-state index is 5.88. The topological polar surface area (TPSA) is 74.2 Å². The van der Waals surface area contributed by atoms with Crippen molar-refractivity contribution in [1.29, 1.82) is 0 Å². The van der Waals surface area contributed by atoms with Gasteiger partial charge in [0.1, 0.15) is 6.10 Å². The van der Waals surface area contributed by atoms with Gasteiger partial charge in [-0.25, -0.2) is 4.98 Å². The third-order valence-corrected chi connectivity index (χ3v) is 2.50. The summed E-state index contributed by atoms with van der Waals surface area (Å²) < 4.78 is 5.64. The summed E-state index contributed by atoms with van der Waals surface area (Å²) in [5.41, 5.74) is 11.7. The Labute approximate surface area is 83.3 Å². The zero-order valence-electron chi connectivity index (χ0n) is 7.97. The van der Waals surface area contributed by atoms with Crippen LogP contribution in [-0.4, -0.2) is 23.2 Å². The first-order chi connectivity index (χ1) is 6.75. The Bertz CT molecular complexity index is 291. The van der Waals surface area contributed by atoms with Gasteiger partial charge in [-0.2, -0.15) is 0 Å². The highest BCUT2D eigenvalue weighted by Gasteiger charge is 2.31. The van der Waals surface area contributed by atoms with Crippen LogP contribution >= 0.6 is 0 Å². The van der Waals surface area contributed by atoms with Crippen molar-refractivity contribution < 1.29 is 4.74 Å². The zero-order valence-corrected chi connectivity index (χ0v) is 7.97. The molecule has 4 heteroatoms. The second kappa shape index (κ2) is 3.94. The molecule has 4 nitrogen and oxygen atoms in total. The van der Waals surface area contributed by atoms with Crippen LogP contribution < -0.4 is 16.2 Å². The Morgan fingerprint density at radius 1 is 1.29 bits per heavy atom. The van der Waals surface area contributed by atoms with Gasteiger partial charge in [-0.1, -0.05) is 6.07 Å². The van der Waals surface area contributed by atoms with Crippen LogP contribution in [0.2, 0.25) is 0 Å². The Morgan fingerprint density at radius 2 is 2.14 bits per heavy atom. The van der Waals surface area contributed by atoms with E-state index in [1.165, 1.54) is 0 Å². The zero-order chi connectivity index (χ0) is 9.97. The first-order valence-corrected chi connectivity index (χ1v) is 4.84. The Balaban J connectivity index is 1.98. The quantitative estimate of drug-likeness (QED) is 0.707. The lowest BCUT2D eigenvalue weighted by Crippen LogP contribution is -2.33. The third kappa shape index (κ3) is 2.02. The number of nitrogens with two attached hydrogens (primary N) is 2. The largest absolute Gasteiger partial charge is 0.473 e. The summed E-state index contributed by atoms with van der Waals surface area (Å²) in [5, 5.41) is 0. The molecule has 1 saturated carbocycles. The van der Waals surface area contributed by atoms with Gasteiger partial charge >= 0.3 is 0 Å². The van der Waals surface area contributed by atoms with E-state index < -0.39 is 0 Å². The SMILES string of the molecule is N[C@H]1C[C@@H](N)[C@H](Oc2ccccn2)C1. The minimum Gasteiger partial charge on any atom is -0.473 e. The predicted octanol–water partition coefficient (Wildman–Crippen LogP) is 0.277. The molecule has 1 aliphatic rings. The van der Waals surface area contributed by atoms with Gasteiger partial charge in [0, 0.05) is 30.8 Å². The highest BCUT2D eigenvalue weighted by atomic mass is 16.5. The molecule has 1 aromatic heterocycles. The first kappa shape index (κ1) is 9.43. The standard InChI is InChI=1S/C10H15N3O/c11-7-5-8(12)9(6-7)14-10-3-1-2-4-13-10/h1-4,7-9H,5-6,11-12H2/t7-,8+,9+/m0/s1. The molecule has 4 N–H and O–H groups in total. The number of pyridine rings is 1. The molecule has 0 unspecified atom stereocenters. The summed E-state index contributed by atoms with van der Waals surface area (Å²) in [4.78, 5) is 4.08. The first-order valence-electron chi connectivity index (χ1n) is 4.84. The maximum absolute atomic E-state index is 5.88. The minimum atomic E-state index is 0.0138. The summed E-state index contributed by atoms with van der Waals surface area (Å²) >= 11 is 0. The van der Waals surface area contributed by atoms with E-state index in [0.717, 1.165) is 12.8 Å². The molecule has 0 aromatic carbocycles. The fourth-order valence-electron chi connectivity index (χ4n) is 1.78. The van der Waals surface area contributed by atoms with E-state index in [2.05, 4.69) is 4.98 Å². The fraction of sp³-hybridized carbons (Fsp3) is 0.500. The smallest absolute Gasteiger partial charge is 0.213 e. The Kier molecular flexibility index (Phi) is 2.65. The molecule has 1 heterocycles. The number of hydrogen-bond acceptors (Lipinski definition) is 4. The highest BCUT2D eigenvalue weighted by molar-refractivity contribution is 5.10. The van der Waals surface area contributed by atoms with Crippen LogP contribution in [0.1, 0.15) is 12.8 Å². The summed E-state index contributed by atoms with van der Waals surface area (Å²) in [6.45, 7) is 0. The van der Waals surface area contributed by atoms with Crippen LogP contribution in [0.5, 0.6) is 5.88 Å².